The van der Waals surface area contributed by atoms with Crippen LogP contribution in [0.1, 0.15) is 30.6 Å². The van der Waals surface area contributed by atoms with Gasteiger partial charge < -0.3 is 29.7 Å². The number of benzene rings is 1. The predicted octanol–water partition coefficient (Wildman–Crippen LogP) is 1.37. The Hall–Kier alpha value is -4.52. The Balaban J connectivity index is 1.52. The van der Waals surface area contributed by atoms with Gasteiger partial charge in [-0.1, -0.05) is 12.1 Å². The van der Waals surface area contributed by atoms with E-state index in [0.29, 0.717) is 24.9 Å². The van der Waals surface area contributed by atoms with Crippen molar-refractivity contribution in [3.63, 3.8) is 0 Å². The van der Waals surface area contributed by atoms with Gasteiger partial charge in [-0.25, -0.2) is 14.8 Å². The van der Waals surface area contributed by atoms with Crippen LogP contribution in [-0.4, -0.2) is 93.3 Å². The lowest BCUT2D eigenvalue weighted by molar-refractivity contribution is -0.146. The molecule has 0 aliphatic carbocycles. The van der Waals surface area contributed by atoms with Crippen LogP contribution >= 0.6 is 0 Å². The monoisotopic (exact) mass is 551 g/mol. The Labute approximate surface area is 231 Å². The zero-order chi connectivity index (χ0) is 28.6. The number of hydrogen-bond acceptors (Lipinski definition) is 9. The Kier molecular flexibility index (Phi) is 9.27. The summed E-state index contributed by atoms with van der Waals surface area (Å²) in [5.74, 6) is 0.139. The molecule has 1 fully saturated rings. The number of piperazine rings is 1. The molecule has 1 aliphatic rings. The molecule has 2 aromatic heterocycles. The summed E-state index contributed by atoms with van der Waals surface area (Å²) in [4.78, 5) is 53.7. The number of amides is 2. The number of ether oxygens (including phenoxy) is 2. The number of nitrogens with one attached hydrogen (secondary N) is 1. The Morgan fingerprint density at radius 3 is 2.60 bits per heavy atom. The highest BCUT2D eigenvalue weighted by molar-refractivity contribution is 5.80. The van der Waals surface area contributed by atoms with Gasteiger partial charge in [0.15, 0.2) is 0 Å². The molecule has 13 heteroatoms. The van der Waals surface area contributed by atoms with E-state index in [-0.39, 0.29) is 37.4 Å². The maximum Gasteiger partial charge on any atom is 0.329 e. The van der Waals surface area contributed by atoms with Crippen LogP contribution in [0.25, 0.3) is 5.95 Å². The second-order valence-electron chi connectivity index (χ2n) is 9.48. The van der Waals surface area contributed by atoms with Crippen LogP contribution in [0, 0.1) is 6.92 Å². The van der Waals surface area contributed by atoms with E-state index in [1.54, 1.807) is 35.3 Å². The molecule has 0 spiro atoms. The number of carboxylic acids is 1. The molecule has 212 valence electrons. The zero-order valence-electron chi connectivity index (χ0n) is 22.7. The van der Waals surface area contributed by atoms with Gasteiger partial charge in [0.2, 0.25) is 17.8 Å². The summed E-state index contributed by atoms with van der Waals surface area (Å²) in [6.07, 6.45) is 5.10. The van der Waals surface area contributed by atoms with E-state index in [2.05, 4.69) is 15.3 Å². The zero-order valence-corrected chi connectivity index (χ0v) is 22.7. The molecular weight excluding hydrogens is 518 g/mol. The molecule has 1 saturated heterocycles. The van der Waals surface area contributed by atoms with Crippen molar-refractivity contribution in [2.75, 3.05) is 44.9 Å². The molecule has 2 atom stereocenters. The van der Waals surface area contributed by atoms with Crippen LogP contribution in [0.3, 0.4) is 0 Å². The largest absolute Gasteiger partial charge is 0.497 e. The predicted molar refractivity (Wildman–Crippen MR) is 144 cm³/mol. The topological polar surface area (TPSA) is 152 Å². The fourth-order valence-electron chi connectivity index (χ4n) is 4.54. The van der Waals surface area contributed by atoms with Gasteiger partial charge in [0, 0.05) is 50.2 Å². The van der Waals surface area contributed by atoms with Gasteiger partial charge in [-0.05, 0) is 31.5 Å². The van der Waals surface area contributed by atoms with E-state index in [0.717, 1.165) is 17.0 Å². The highest BCUT2D eigenvalue weighted by atomic mass is 16.5. The van der Waals surface area contributed by atoms with E-state index < -0.39 is 18.6 Å². The molecule has 0 saturated carbocycles. The number of nitrogens with zero attached hydrogens (tertiary/aromatic N) is 6. The van der Waals surface area contributed by atoms with Crippen molar-refractivity contribution in [2.45, 2.75) is 32.4 Å². The molecule has 1 aromatic carbocycles. The summed E-state index contributed by atoms with van der Waals surface area (Å²) in [6.45, 7) is 3.87. The van der Waals surface area contributed by atoms with Gasteiger partial charge in [0.05, 0.1) is 19.2 Å². The van der Waals surface area contributed by atoms with Crippen molar-refractivity contribution in [3.05, 3.63) is 60.3 Å². The molecule has 2 amide bonds. The first-order valence-electron chi connectivity index (χ1n) is 12.8. The lowest BCUT2D eigenvalue weighted by atomic mass is 10.1. The van der Waals surface area contributed by atoms with E-state index in [4.69, 9.17) is 19.6 Å². The van der Waals surface area contributed by atoms with Crippen molar-refractivity contribution in [2.24, 2.45) is 0 Å². The quantitative estimate of drug-likeness (QED) is 0.357. The van der Waals surface area contributed by atoms with Gasteiger partial charge in [-0.2, -0.15) is 4.98 Å². The number of aliphatic carboxylic acids is 1. The third-order valence-corrected chi connectivity index (χ3v) is 6.56. The number of carbonyl (C=O) groups is 3. The summed E-state index contributed by atoms with van der Waals surface area (Å²) < 4.78 is 11.9. The van der Waals surface area contributed by atoms with E-state index in [9.17, 15) is 14.4 Å². The van der Waals surface area contributed by atoms with Crippen molar-refractivity contribution in [1.82, 2.24) is 29.7 Å². The maximum absolute atomic E-state index is 13.2. The van der Waals surface area contributed by atoms with Gasteiger partial charge >= 0.3 is 5.97 Å². The fraction of sp³-hybridized carbons (Fsp3) is 0.407. The molecule has 2 N–H and O–H groups in total. The van der Waals surface area contributed by atoms with Crippen molar-refractivity contribution in [1.29, 1.82) is 0 Å². The van der Waals surface area contributed by atoms with Crippen molar-refractivity contribution < 1.29 is 29.0 Å². The summed E-state index contributed by atoms with van der Waals surface area (Å²) in [7, 11) is 1.60. The second-order valence-corrected chi connectivity index (χ2v) is 9.48. The summed E-state index contributed by atoms with van der Waals surface area (Å²) in [5, 5.41) is 11.9. The number of aromatic nitrogens is 4. The minimum Gasteiger partial charge on any atom is -0.497 e. The third-order valence-electron chi connectivity index (χ3n) is 6.56. The minimum atomic E-state index is -1.15. The summed E-state index contributed by atoms with van der Waals surface area (Å²) in [6, 6.07) is 8.68. The molecule has 0 bridgehead atoms. The van der Waals surface area contributed by atoms with Crippen LogP contribution < -0.4 is 15.0 Å². The molecule has 2 unspecified atom stereocenters. The number of anilines is 1. The first kappa shape index (κ1) is 28.5. The number of imidazole rings is 1. The normalized spacial score (nSPS) is 15.9. The van der Waals surface area contributed by atoms with Crippen molar-refractivity contribution in [3.8, 4) is 11.7 Å². The average molecular weight is 552 g/mol. The van der Waals surface area contributed by atoms with E-state index in [1.807, 2.05) is 49.1 Å². The van der Waals surface area contributed by atoms with Crippen LogP contribution in [0.15, 0.2) is 49.1 Å². The number of carbonyl (C=O) groups excluding carboxylic acids is 2. The van der Waals surface area contributed by atoms with E-state index in [1.165, 1.54) is 0 Å². The fourth-order valence-corrected chi connectivity index (χ4v) is 4.54. The Morgan fingerprint density at radius 2 is 1.93 bits per heavy atom. The molecular formula is C27H33N7O6. The first-order valence-corrected chi connectivity index (χ1v) is 12.8. The SMILES string of the molecule is COc1ccc(C(C)NC(=O)CC2CN(C(=O)COCC(=O)O)CCN2c2cc(C)nc(-n3ccnc3)n2)cc1. The van der Waals surface area contributed by atoms with Crippen LogP contribution in [0.2, 0.25) is 0 Å². The summed E-state index contributed by atoms with van der Waals surface area (Å²) in [5.41, 5.74) is 1.67. The van der Waals surface area contributed by atoms with Gasteiger partial charge in [0.25, 0.3) is 0 Å². The Bertz CT molecular complexity index is 1320. The Morgan fingerprint density at radius 1 is 1.15 bits per heavy atom. The maximum atomic E-state index is 13.2. The number of hydrogen-bond donors (Lipinski definition) is 2. The smallest absolute Gasteiger partial charge is 0.329 e. The molecule has 3 aromatic rings. The lowest BCUT2D eigenvalue weighted by Gasteiger charge is -2.42. The number of methoxy groups -OCH3 is 1. The molecule has 1 aliphatic heterocycles. The first-order chi connectivity index (χ1) is 19.2. The highest BCUT2D eigenvalue weighted by Gasteiger charge is 2.33. The van der Waals surface area contributed by atoms with E-state index >= 15 is 0 Å². The molecule has 13 nitrogen and oxygen atoms in total. The third kappa shape index (κ3) is 7.32. The lowest BCUT2D eigenvalue weighted by Crippen LogP contribution is -2.57. The second kappa shape index (κ2) is 13.0. The van der Waals surface area contributed by atoms with Crippen LogP contribution in [-0.2, 0) is 19.1 Å². The highest BCUT2D eigenvalue weighted by Crippen LogP contribution is 2.24. The average Bonchev–Trinajstić information content (AvgIpc) is 3.48. The van der Waals surface area contributed by atoms with Crippen LogP contribution in [0.5, 0.6) is 5.75 Å². The standard InChI is InChI=1S/C27H33N7O6/c1-18-12-23(31-27(29-18)33-9-8-28-17-33)34-11-10-32(25(36)15-40-16-26(37)38)14-21(34)13-24(35)30-19(2)20-4-6-22(39-3)7-5-20/h4-9,12,17,19,21H,10-11,13-16H2,1-3H3,(H,30,35)(H,37,38). The number of aryl methyl sites for hydroxylation is 1. The molecule has 4 rings (SSSR count). The molecule has 3 heterocycles. The number of carboxylic acid groups (broad SMARTS) is 1. The van der Waals surface area contributed by atoms with Crippen LogP contribution in [0.4, 0.5) is 5.82 Å². The molecule has 40 heavy (non-hydrogen) atoms. The van der Waals surface area contributed by atoms with Crippen molar-refractivity contribution >= 4 is 23.6 Å². The van der Waals surface area contributed by atoms with Gasteiger partial charge in [0.1, 0.15) is 31.1 Å². The van der Waals surface area contributed by atoms with Gasteiger partial charge in [-0.3, -0.25) is 14.2 Å². The molecule has 0 radical (unpaired) electrons. The summed E-state index contributed by atoms with van der Waals surface area (Å²) >= 11 is 0. The van der Waals surface area contributed by atoms with Gasteiger partial charge in [-0.15, -0.1) is 0 Å². The minimum absolute atomic E-state index is 0.101. The number of rotatable bonds is 11.